The van der Waals surface area contributed by atoms with E-state index in [1.54, 1.807) is 17.6 Å². The van der Waals surface area contributed by atoms with E-state index in [4.69, 9.17) is 11.6 Å². The number of pyridine rings is 1. The summed E-state index contributed by atoms with van der Waals surface area (Å²) in [6.07, 6.45) is -1.61. The zero-order chi connectivity index (χ0) is 22.9. The van der Waals surface area contributed by atoms with E-state index >= 15 is 0 Å². The van der Waals surface area contributed by atoms with Crippen LogP contribution in [0.25, 0.3) is 17.0 Å². The number of carbonyl (C=O) groups is 2. The molecule has 32 heavy (non-hydrogen) atoms. The normalized spacial score (nSPS) is 15.2. The number of fused-ring (bicyclic) bond motifs is 1. The largest absolute Gasteiger partial charge is 0.471 e. The Kier molecular flexibility index (Phi) is 5.90. The first kappa shape index (κ1) is 21.8. The lowest BCUT2D eigenvalue weighted by Gasteiger charge is -2.11. The van der Waals surface area contributed by atoms with Crippen molar-refractivity contribution in [2.24, 2.45) is 4.99 Å². The molecule has 1 aliphatic heterocycles. The second kappa shape index (κ2) is 8.64. The van der Waals surface area contributed by atoms with Crippen molar-refractivity contribution >= 4 is 68.7 Å². The van der Waals surface area contributed by atoms with Gasteiger partial charge in [-0.1, -0.05) is 23.7 Å². The van der Waals surface area contributed by atoms with E-state index in [9.17, 15) is 22.8 Å². The first-order chi connectivity index (χ1) is 15.2. The van der Waals surface area contributed by atoms with Gasteiger partial charge in [-0.15, -0.1) is 0 Å². The summed E-state index contributed by atoms with van der Waals surface area (Å²) in [6.45, 7) is 0. The lowest BCUT2D eigenvalue weighted by atomic mass is 10.1. The van der Waals surface area contributed by atoms with Crippen molar-refractivity contribution in [3.05, 3.63) is 70.2 Å². The summed E-state index contributed by atoms with van der Waals surface area (Å²) in [5.41, 5.74) is 1.84. The van der Waals surface area contributed by atoms with Gasteiger partial charge in [-0.2, -0.15) is 18.2 Å². The molecule has 1 aromatic heterocycles. The molecular weight excluding hydrogens is 465 g/mol. The summed E-state index contributed by atoms with van der Waals surface area (Å²) < 4.78 is 37.1. The molecule has 0 atom stereocenters. The van der Waals surface area contributed by atoms with Crippen LogP contribution in [-0.4, -0.2) is 28.1 Å². The van der Waals surface area contributed by atoms with Crippen LogP contribution in [0.1, 0.15) is 5.56 Å². The zero-order valence-electron chi connectivity index (χ0n) is 15.9. The third kappa shape index (κ3) is 4.92. The fourth-order valence-electron chi connectivity index (χ4n) is 2.81. The first-order valence-corrected chi connectivity index (χ1v) is 10.2. The first-order valence-electron chi connectivity index (χ1n) is 9.01. The number of carbonyl (C=O) groups excluding carboxylic acids is 2. The van der Waals surface area contributed by atoms with E-state index in [2.05, 4.69) is 15.3 Å². The molecule has 0 bridgehead atoms. The molecule has 2 heterocycles. The van der Waals surface area contributed by atoms with Crippen molar-refractivity contribution in [1.82, 2.24) is 4.98 Å². The molecule has 0 spiro atoms. The van der Waals surface area contributed by atoms with E-state index in [-0.39, 0.29) is 15.9 Å². The van der Waals surface area contributed by atoms with Gasteiger partial charge in [0.2, 0.25) is 0 Å². The summed E-state index contributed by atoms with van der Waals surface area (Å²) in [4.78, 5) is 31.9. The quantitative estimate of drug-likeness (QED) is 0.490. The zero-order valence-corrected chi connectivity index (χ0v) is 17.5. The molecule has 0 radical (unpaired) electrons. The monoisotopic (exact) mass is 476 g/mol. The summed E-state index contributed by atoms with van der Waals surface area (Å²) in [5, 5.41) is 5.82. The average molecular weight is 477 g/mol. The highest BCUT2D eigenvalue weighted by Crippen LogP contribution is 2.33. The van der Waals surface area contributed by atoms with Gasteiger partial charge in [0.15, 0.2) is 5.17 Å². The minimum Gasteiger partial charge on any atom is -0.333 e. The molecule has 0 fully saturated rings. The number of aromatic nitrogens is 1. The van der Waals surface area contributed by atoms with Gasteiger partial charge in [-0.3, -0.25) is 14.6 Å². The Morgan fingerprint density at radius 2 is 1.94 bits per heavy atom. The van der Waals surface area contributed by atoms with E-state index in [0.717, 1.165) is 34.3 Å². The number of hydrogen-bond donors (Lipinski definition) is 2. The molecule has 2 amide bonds. The number of rotatable bonds is 3. The number of nitrogens with one attached hydrogen (secondary N) is 2. The van der Waals surface area contributed by atoms with E-state index in [1.807, 2.05) is 30.3 Å². The van der Waals surface area contributed by atoms with Gasteiger partial charge in [0, 0.05) is 17.3 Å². The molecule has 4 rings (SSSR count). The molecule has 0 unspecified atom stereocenters. The molecule has 11 heteroatoms. The molecule has 2 aromatic carbocycles. The minimum absolute atomic E-state index is 0.0418. The maximum atomic E-state index is 12.4. The predicted molar refractivity (Wildman–Crippen MR) is 120 cm³/mol. The molecule has 2 N–H and O–H groups in total. The SMILES string of the molecule is O=C1N=C(Nc2ccc(NC(=O)C(F)(F)F)cc2Cl)S/C1=C\c1ccc2ncccc2c1. The molecule has 0 saturated heterocycles. The average Bonchev–Trinajstić information content (AvgIpc) is 3.08. The number of aliphatic imine (C=N–C) groups is 1. The predicted octanol–water partition coefficient (Wildman–Crippen LogP) is 5.47. The van der Waals surface area contributed by atoms with Crippen molar-refractivity contribution in [2.75, 3.05) is 10.6 Å². The fraction of sp³-hybridized carbons (Fsp3) is 0.0476. The van der Waals surface area contributed by atoms with Crippen LogP contribution in [0.15, 0.2) is 64.6 Å². The summed E-state index contributed by atoms with van der Waals surface area (Å²) >= 11 is 7.20. The lowest BCUT2D eigenvalue weighted by Crippen LogP contribution is -2.29. The summed E-state index contributed by atoms with van der Waals surface area (Å²) in [5.74, 6) is -2.54. The molecule has 0 saturated carbocycles. The van der Waals surface area contributed by atoms with Crippen LogP contribution in [0.2, 0.25) is 5.02 Å². The maximum Gasteiger partial charge on any atom is 0.471 e. The standard InChI is InChI=1S/C21H12ClF3N4O2S/c22-14-10-13(27-19(31)21(23,24)25)4-6-16(14)28-20-29-18(30)17(32-20)9-11-3-5-15-12(8-11)2-1-7-26-15/h1-10H,(H,27,31)(H,28,29,30)/b17-9-. The van der Waals surface area contributed by atoms with E-state index in [1.165, 1.54) is 12.1 Å². The van der Waals surface area contributed by atoms with Crippen LogP contribution >= 0.6 is 23.4 Å². The number of thioether (sulfide) groups is 1. The van der Waals surface area contributed by atoms with Crippen LogP contribution in [0.5, 0.6) is 0 Å². The van der Waals surface area contributed by atoms with Gasteiger partial charge in [-0.25, -0.2) is 0 Å². The van der Waals surface area contributed by atoms with Crippen molar-refractivity contribution in [1.29, 1.82) is 0 Å². The number of amidine groups is 1. The van der Waals surface area contributed by atoms with E-state index in [0.29, 0.717) is 10.6 Å². The van der Waals surface area contributed by atoms with E-state index < -0.39 is 18.0 Å². The summed E-state index contributed by atoms with van der Waals surface area (Å²) in [7, 11) is 0. The van der Waals surface area contributed by atoms with Crippen LogP contribution in [-0.2, 0) is 9.59 Å². The fourth-order valence-corrected chi connectivity index (χ4v) is 3.86. The third-order valence-electron chi connectivity index (χ3n) is 4.27. The lowest BCUT2D eigenvalue weighted by molar-refractivity contribution is -0.167. The smallest absolute Gasteiger partial charge is 0.333 e. The molecular formula is C21H12ClF3N4O2S. The highest BCUT2D eigenvalue weighted by atomic mass is 35.5. The molecule has 3 aromatic rings. The van der Waals surface area contributed by atoms with Crippen LogP contribution in [0.3, 0.4) is 0 Å². The van der Waals surface area contributed by atoms with Gasteiger partial charge in [0.05, 0.1) is 21.1 Å². The molecule has 0 aliphatic carbocycles. The Morgan fingerprint density at radius 3 is 2.69 bits per heavy atom. The maximum absolute atomic E-state index is 12.4. The van der Waals surface area contributed by atoms with Crippen molar-refractivity contribution in [2.45, 2.75) is 6.18 Å². The third-order valence-corrected chi connectivity index (χ3v) is 5.48. The Bertz CT molecular complexity index is 1310. The number of anilines is 2. The second-order valence-corrected chi connectivity index (χ2v) is 8.00. The number of alkyl halides is 3. The van der Waals surface area contributed by atoms with Gasteiger partial charge >= 0.3 is 12.1 Å². The van der Waals surface area contributed by atoms with Gasteiger partial charge in [0.25, 0.3) is 5.91 Å². The Morgan fingerprint density at radius 1 is 1.12 bits per heavy atom. The number of benzene rings is 2. The van der Waals surface area contributed by atoms with Gasteiger partial charge in [-0.05, 0) is 59.8 Å². The van der Waals surface area contributed by atoms with Crippen molar-refractivity contribution < 1.29 is 22.8 Å². The Balaban J connectivity index is 1.46. The topological polar surface area (TPSA) is 83.5 Å². The number of halogens is 4. The Hall–Kier alpha value is -3.37. The van der Waals surface area contributed by atoms with Crippen LogP contribution < -0.4 is 10.6 Å². The van der Waals surface area contributed by atoms with Crippen molar-refractivity contribution in [3.8, 4) is 0 Å². The molecule has 6 nitrogen and oxygen atoms in total. The summed E-state index contributed by atoms with van der Waals surface area (Å²) in [6, 6.07) is 13.1. The number of nitrogens with zero attached hydrogens (tertiary/aromatic N) is 2. The van der Waals surface area contributed by atoms with Gasteiger partial charge < -0.3 is 10.6 Å². The highest BCUT2D eigenvalue weighted by molar-refractivity contribution is 8.18. The number of amides is 2. The van der Waals surface area contributed by atoms with Crippen molar-refractivity contribution in [3.63, 3.8) is 0 Å². The van der Waals surface area contributed by atoms with Crippen LogP contribution in [0, 0.1) is 0 Å². The minimum atomic E-state index is -5.01. The highest BCUT2D eigenvalue weighted by Gasteiger charge is 2.38. The molecule has 162 valence electrons. The molecule has 1 aliphatic rings. The number of hydrogen-bond acceptors (Lipinski definition) is 5. The van der Waals surface area contributed by atoms with Crippen LogP contribution in [0.4, 0.5) is 24.5 Å². The van der Waals surface area contributed by atoms with Gasteiger partial charge in [0.1, 0.15) is 0 Å². The second-order valence-electron chi connectivity index (χ2n) is 6.56. The Labute approximate surface area is 188 Å².